The van der Waals surface area contributed by atoms with Gasteiger partial charge in [0.2, 0.25) is 0 Å². The Morgan fingerprint density at radius 3 is 0.894 bits per heavy atom. The summed E-state index contributed by atoms with van der Waals surface area (Å²) in [6.07, 6.45) is -57.8. The van der Waals surface area contributed by atoms with Crippen LogP contribution in [0.25, 0.3) is 0 Å². The first-order chi connectivity index (χ1) is 58.6. The van der Waals surface area contributed by atoms with Gasteiger partial charge in [-0.15, -0.1) is 0 Å². The topological polar surface area (TPSA) is 848 Å². The standard InChI is InChI=1S/C50H92N2O38.C18H31N5O10/c53-5-17-25(59)31(65)37(71)43(85-17)79-11-49(12-80-44-38(72)32(66)26(60)18(6-54)86-44,13-81-45-39(73)33(67)27(61)19(7-55)87-45)23(51-77)3-1-2-4-24(52-78)50(14-82-46-40(74)34(68)28(62)20(8-56)88-46,15-83-47-41(75)35(69)29(63)21(9-57)89-47)16-84-48-42(76)36(70)30(64)22(10-58)90-48;24-13-31-10-21-5-6-22(11-32-14-25)9-18(8-21,3-1-16(20-30)2-4-19-29)23(7-17(27)28)12-33-15-26/h17-48,51-78H,1-16H2;13-16,20,30H,1-12H2,(H,27,28). The first-order valence-electron chi connectivity index (χ1n) is 39.2. The largest absolute Gasteiger partial charge is 0.480 e. The summed E-state index contributed by atoms with van der Waals surface area (Å²) >= 11 is 0. The van der Waals surface area contributed by atoms with Crippen molar-refractivity contribution in [3.63, 3.8) is 0 Å². The van der Waals surface area contributed by atoms with Crippen LogP contribution >= 0.6 is 0 Å². The molecule has 0 aromatic carbocycles. The number of carboxylic acid groups (broad SMARTS) is 1. The Morgan fingerprint density at radius 2 is 0.675 bits per heavy atom. The van der Waals surface area contributed by atoms with E-state index in [4.69, 9.17) is 71.1 Å². The summed E-state index contributed by atoms with van der Waals surface area (Å²) in [4.78, 5) is 59.5. The molecule has 7 saturated heterocycles. The van der Waals surface area contributed by atoms with Crippen LogP contribution in [0.15, 0.2) is 5.18 Å². The Morgan fingerprint density at radius 1 is 0.407 bits per heavy atom. The molecule has 33 unspecified atom stereocenters. The third kappa shape index (κ3) is 28.4. The molecule has 0 aromatic heterocycles. The number of hydrogen-bond acceptors (Lipinski definition) is 54. The molecule has 7 rings (SSSR count). The number of nitrogens with one attached hydrogen (secondary N) is 3. The molecule has 718 valence electrons. The number of nitrogens with zero attached hydrogens (tertiary/aromatic N) is 4. The quantitative estimate of drug-likeness (QED) is 0.00671. The number of aliphatic hydroxyl groups is 24. The van der Waals surface area contributed by atoms with Gasteiger partial charge in [-0.25, -0.2) is 16.4 Å². The second kappa shape index (κ2) is 52.5. The van der Waals surface area contributed by atoms with E-state index in [-0.39, 0.29) is 84.8 Å². The van der Waals surface area contributed by atoms with Gasteiger partial charge in [-0.1, -0.05) is 18.0 Å². The third-order valence-electron chi connectivity index (χ3n) is 22.8. The zero-order valence-electron chi connectivity index (χ0n) is 66.6. The van der Waals surface area contributed by atoms with Gasteiger partial charge >= 0.3 is 5.97 Å². The van der Waals surface area contributed by atoms with Gasteiger partial charge in [-0.05, 0) is 32.1 Å². The number of carbonyl (C=O) groups excluding carboxylic acids is 3. The van der Waals surface area contributed by atoms with Crippen molar-refractivity contribution < 1.29 is 234 Å². The monoisotopic (exact) mass is 1810 g/mol. The summed E-state index contributed by atoms with van der Waals surface area (Å²) in [6, 6.07) is -3.71. The molecular weight excluding hydrogens is 1680 g/mol. The minimum absolute atomic E-state index is 0.0308. The summed E-state index contributed by atoms with van der Waals surface area (Å²) in [6.45, 7) is -10.3. The van der Waals surface area contributed by atoms with Crippen molar-refractivity contribution in [2.45, 2.75) is 253 Å². The molecule has 55 nitrogen and oxygen atoms in total. The number of hydroxylamine groups is 3. The van der Waals surface area contributed by atoms with E-state index in [1.165, 1.54) is 4.90 Å². The van der Waals surface area contributed by atoms with Crippen molar-refractivity contribution in [3.8, 4) is 0 Å². The summed E-state index contributed by atoms with van der Waals surface area (Å²) in [5.74, 6) is -1.17. The molecule has 33 atom stereocenters. The number of ether oxygens (including phenoxy) is 15. The van der Waals surface area contributed by atoms with Crippen molar-refractivity contribution in [1.82, 2.24) is 31.1 Å². The molecular formula is C68H123N7O48. The minimum Gasteiger partial charge on any atom is -0.480 e. The van der Waals surface area contributed by atoms with Crippen LogP contribution in [0.2, 0.25) is 0 Å². The molecule has 7 aliphatic heterocycles. The molecule has 0 saturated carbocycles. The van der Waals surface area contributed by atoms with Gasteiger partial charge in [-0.2, -0.15) is 4.91 Å². The maximum absolute atomic E-state index is 11.6. The van der Waals surface area contributed by atoms with E-state index in [1.807, 2.05) is 0 Å². The van der Waals surface area contributed by atoms with Crippen molar-refractivity contribution in [3.05, 3.63) is 4.91 Å². The smallest absolute Gasteiger partial charge is 0.317 e. The summed E-state index contributed by atoms with van der Waals surface area (Å²) in [5.41, 5.74) is 0.928. The highest BCUT2D eigenvalue weighted by Gasteiger charge is 2.56. The van der Waals surface area contributed by atoms with Gasteiger partial charge in [0.25, 0.3) is 19.4 Å². The molecule has 0 bridgehead atoms. The van der Waals surface area contributed by atoms with Gasteiger partial charge in [0, 0.05) is 44.3 Å². The zero-order chi connectivity index (χ0) is 91.2. The number of unbranched alkanes of at least 4 members (excludes halogenated alkanes) is 1. The minimum atomic E-state index is -2.17. The first kappa shape index (κ1) is 107. The summed E-state index contributed by atoms with van der Waals surface area (Å²) in [7, 11) is 0. The lowest BCUT2D eigenvalue weighted by molar-refractivity contribution is -0.333. The lowest BCUT2D eigenvalue weighted by Gasteiger charge is -2.47. The molecule has 31 N–H and O–H groups in total. The Bertz CT molecular complexity index is 2640. The molecule has 0 aliphatic carbocycles. The fourth-order valence-corrected chi connectivity index (χ4v) is 15.2. The van der Waals surface area contributed by atoms with Gasteiger partial charge in [-0.3, -0.25) is 33.9 Å². The van der Waals surface area contributed by atoms with Crippen LogP contribution in [0.5, 0.6) is 0 Å². The van der Waals surface area contributed by atoms with Crippen molar-refractivity contribution in [2.24, 2.45) is 16.0 Å². The highest BCUT2D eigenvalue weighted by atomic mass is 16.8. The zero-order valence-corrected chi connectivity index (χ0v) is 66.6. The summed E-state index contributed by atoms with van der Waals surface area (Å²) in [5, 5.41) is 298. The van der Waals surface area contributed by atoms with Crippen molar-refractivity contribution in [2.75, 3.05) is 139 Å². The van der Waals surface area contributed by atoms with Crippen LogP contribution in [-0.2, 0) is 90.2 Å². The van der Waals surface area contributed by atoms with Crippen LogP contribution in [0.3, 0.4) is 0 Å². The fraction of sp³-hybridized carbons (Fsp3) is 0.941. The van der Waals surface area contributed by atoms with Crippen LogP contribution in [0, 0.1) is 15.7 Å². The number of carbonyl (C=O) groups is 4. The molecule has 0 radical (unpaired) electrons. The predicted octanol–water partition coefficient (Wildman–Crippen LogP) is -17.5. The number of nitroso groups, excluding NO2 is 1. The third-order valence-corrected chi connectivity index (χ3v) is 22.8. The van der Waals surface area contributed by atoms with E-state index in [1.54, 1.807) is 9.80 Å². The predicted molar refractivity (Wildman–Crippen MR) is 389 cm³/mol. The average molecular weight is 1810 g/mol. The molecule has 7 heterocycles. The molecule has 123 heavy (non-hydrogen) atoms. The van der Waals surface area contributed by atoms with Crippen LogP contribution < -0.4 is 16.4 Å². The van der Waals surface area contributed by atoms with E-state index in [9.17, 15) is 167 Å². The number of rotatable bonds is 52. The molecule has 7 aliphatic rings. The van der Waals surface area contributed by atoms with Gasteiger partial charge in [0.05, 0.1) is 109 Å². The normalized spacial score (nSPS) is 37.6. The number of aliphatic hydroxyl groups excluding tert-OH is 24. The molecule has 7 fully saturated rings. The number of aliphatic carboxylic acids is 1. The molecule has 0 spiro atoms. The van der Waals surface area contributed by atoms with Gasteiger partial charge in [0.1, 0.15) is 167 Å². The number of carboxylic acids is 1. The summed E-state index contributed by atoms with van der Waals surface area (Å²) < 4.78 is 84.1. The first-order valence-corrected chi connectivity index (χ1v) is 39.2. The Balaban J connectivity index is 0.000000593. The highest BCUT2D eigenvalue weighted by molar-refractivity contribution is 5.69. The lowest BCUT2D eigenvalue weighted by Crippen LogP contribution is -2.63. The van der Waals surface area contributed by atoms with Gasteiger partial charge in [0.15, 0.2) is 37.7 Å². The Hall–Kier alpha value is -4.32. The van der Waals surface area contributed by atoms with Crippen LogP contribution in [0.1, 0.15) is 44.9 Å². The molecule has 55 heteroatoms. The van der Waals surface area contributed by atoms with Gasteiger partial charge < -0.3 is 214 Å². The van der Waals surface area contributed by atoms with E-state index in [0.29, 0.717) is 32.5 Å². The maximum Gasteiger partial charge on any atom is 0.317 e. The molecule has 0 amide bonds. The van der Waals surface area contributed by atoms with E-state index in [2.05, 4.69) is 21.6 Å². The van der Waals surface area contributed by atoms with Crippen molar-refractivity contribution in [1.29, 1.82) is 0 Å². The van der Waals surface area contributed by atoms with E-state index >= 15 is 0 Å². The van der Waals surface area contributed by atoms with E-state index in [0.717, 1.165) is 0 Å². The number of hydrogen-bond donors (Lipinski definition) is 31. The van der Waals surface area contributed by atoms with Crippen LogP contribution in [0.4, 0.5) is 0 Å². The molecule has 0 aromatic rings. The lowest BCUT2D eigenvalue weighted by atomic mass is 9.78. The highest BCUT2D eigenvalue weighted by Crippen LogP contribution is 2.39. The Kier molecular flexibility index (Phi) is 45.9. The SMILES string of the molecule is O=COCN1CCN(COC=O)CC(CCC(CCN=O)NO)(N(COC=O)CC(=O)O)C1.OCC1OC(OCC(COC2OC(CO)C(O)C(O)C2O)(COC2OC(CO)C(O)C(O)C2O)C(CCCCC(NO)C(COC2OC(CO)C(O)C(O)C2O)(COC2OC(CO)C(O)C(O)C2O)COC2OC(CO)C(O)C(O)C2O)NO)C(O)C(O)C1O. The second-order valence-electron chi connectivity index (χ2n) is 31.0. The Labute approximate surface area is 700 Å². The average Bonchev–Trinajstić information content (AvgIpc) is 1.02. The van der Waals surface area contributed by atoms with Crippen molar-refractivity contribution >= 4 is 25.4 Å². The maximum atomic E-state index is 11.6. The van der Waals surface area contributed by atoms with E-state index < -0.39 is 311 Å². The second-order valence-corrected chi connectivity index (χ2v) is 31.0. The van der Waals surface area contributed by atoms with Crippen LogP contribution in [-0.4, -0.2) is 530 Å². The fourth-order valence-electron chi connectivity index (χ4n) is 15.2.